The van der Waals surface area contributed by atoms with Crippen LogP contribution in [-0.2, 0) is 0 Å². The van der Waals surface area contributed by atoms with Gasteiger partial charge in [-0.3, -0.25) is 4.79 Å². The molecule has 3 nitrogen and oxygen atoms in total. The van der Waals surface area contributed by atoms with Gasteiger partial charge in [0, 0.05) is 12.6 Å². The van der Waals surface area contributed by atoms with Crippen LogP contribution in [0.25, 0.3) is 0 Å². The zero-order valence-electron chi connectivity index (χ0n) is 8.88. The molecule has 0 unspecified atom stereocenters. The molecule has 1 saturated heterocycles. The molecule has 2 rings (SSSR count). The van der Waals surface area contributed by atoms with Gasteiger partial charge in [-0.1, -0.05) is 0 Å². The summed E-state index contributed by atoms with van der Waals surface area (Å²) in [6.45, 7) is 3.95. The van der Waals surface area contributed by atoms with Gasteiger partial charge >= 0.3 is 0 Å². The van der Waals surface area contributed by atoms with Crippen LogP contribution < -0.4 is 10.6 Å². The molecule has 0 radical (unpaired) electrons. The second kappa shape index (κ2) is 4.77. The predicted molar refractivity (Wildman–Crippen MR) is 62.4 cm³/mol. The van der Waals surface area contributed by atoms with Crippen LogP contribution in [0, 0.1) is 6.92 Å². The van der Waals surface area contributed by atoms with Gasteiger partial charge in [0.1, 0.15) is 0 Å². The lowest BCUT2D eigenvalue weighted by molar-refractivity contribution is 0.0934. The molecule has 2 heterocycles. The molecular weight excluding hydrogens is 208 g/mol. The molecule has 1 aromatic rings. The van der Waals surface area contributed by atoms with Crippen LogP contribution >= 0.6 is 11.3 Å². The van der Waals surface area contributed by atoms with E-state index < -0.39 is 0 Å². The topological polar surface area (TPSA) is 41.1 Å². The average Bonchev–Trinajstić information content (AvgIpc) is 2.66. The zero-order chi connectivity index (χ0) is 10.7. The quantitative estimate of drug-likeness (QED) is 0.800. The van der Waals surface area contributed by atoms with Gasteiger partial charge in [0.15, 0.2) is 0 Å². The third-order valence-electron chi connectivity index (χ3n) is 2.70. The van der Waals surface area contributed by atoms with Gasteiger partial charge < -0.3 is 10.6 Å². The Bertz CT molecular complexity index is 342. The van der Waals surface area contributed by atoms with Crippen molar-refractivity contribution in [2.24, 2.45) is 0 Å². The van der Waals surface area contributed by atoms with E-state index in [1.807, 2.05) is 18.4 Å². The van der Waals surface area contributed by atoms with Gasteiger partial charge in [-0.25, -0.2) is 0 Å². The largest absolute Gasteiger partial charge is 0.347 e. The van der Waals surface area contributed by atoms with Gasteiger partial charge in [0.2, 0.25) is 0 Å². The Morgan fingerprint density at radius 1 is 1.67 bits per heavy atom. The van der Waals surface area contributed by atoms with E-state index >= 15 is 0 Å². The minimum atomic E-state index is 0.0798. The molecule has 1 aliphatic heterocycles. The Morgan fingerprint density at radius 3 is 3.13 bits per heavy atom. The van der Waals surface area contributed by atoms with Crippen LogP contribution in [0.1, 0.15) is 28.1 Å². The molecule has 82 valence electrons. The molecule has 1 aromatic heterocycles. The van der Waals surface area contributed by atoms with Gasteiger partial charge in [0.05, 0.1) is 4.88 Å². The maximum absolute atomic E-state index is 11.9. The smallest absolute Gasteiger partial charge is 0.261 e. The number of hydrogen-bond acceptors (Lipinski definition) is 3. The third-order valence-corrected chi connectivity index (χ3v) is 3.72. The fraction of sp³-hybridized carbons (Fsp3) is 0.545. The minimum absolute atomic E-state index is 0.0798. The van der Waals surface area contributed by atoms with E-state index in [9.17, 15) is 4.79 Å². The Hall–Kier alpha value is -0.870. The van der Waals surface area contributed by atoms with Gasteiger partial charge in [-0.15, -0.1) is 11.3 Å². The number of thiophene rings is 1. The standard InChI is InChI=1S/C11H16N2OS/c1-8-4-6-15-10(8)11(14)13-9-3-2-5-12-7-9/h4,6,9,12H,2-3,5,7H2,1H3,(H,13,14)/t9-/m1/s1. The maximum atomic E-state index is 11.9. The van der Waals surface area contributed by atoms with Crippen LogP contribution in [0.3, 0.4) is 0 Å². The molecular formula is C11H16N2OS. The highest BCUT2D eigenvalue weighted by atomic mass is 32.1. The van der Waals surface area contributed by atoms with Gasteiger partial charge in [-0.2, -0.15) is 0 Å². The number of carbonyl (C=O) groups excluding carboxylic acids is 1. The second-order valence-corrected chi connectivity index (χ2v) is 4.87. The third kappa shape index (κ3) is 2.58. The van der Waals surface area contributed by atoms with Crippen molar-refractivity contribution in [3.63, 3.8) is 0 Å². The number of amides is 1. The molecule has 0 spiro atoms. The summed E-state index contributed by atoms with van der Waals surface area (Å²) >= 11 is 1.51. The lowest BCUT2D eigenvalue weighted by Gasteiger charge is -2.23. The maximum Gasteiger partial charge on any atom is 0.261 e. The van der Waals surface area contributed by atoms with E-state index in [4.69, 9.17) is 0 Å². The number of nitrogens with one attached hydrogen (secondary N) is 2. The van der Waals surface area contributed by atoms with Crippen molar-refractivity contribution >= 4 is 17.2 Å². The molecule has 4 heteroatoms. The van der Waals surface area contributed by atoms with Crippen LogP contribution in [0.2, 0.25) is 0 Å². The van der Waals surface area contributed by atoms with Gasteiger partial charge in [0.25, 0.3) is 5.91 Å². The normalized spacial score (nSPS) is 21.3. The first kappa shape index (κ1) is 10.6. The molecule has 0 aromatic carbocycles. The summed E-state index contributed by atoms with van der Waals surface area (Å²) < 4.78 is 0. The number of rotatable bonds is 2. The van der Waals surface area contributed by atoms with Crippen molar-refractivity contribution in [3.8, 4) is 0 Å². The predicted octanol–water partition coefficient (Wildman–Crippen LogP) is 1.54. The summed E-state index contributed by atoms with van der Waals surface area (Å²) in [6.07, 6.45) is 2.23. The molecule has 0 bridgehead atoms. The van der Waals surface area contributed by atoms with Crippen molar-refractivity contribution in [2.75, 3.05) is 13.1 Å². The Morgan fingerprint density at radius 2 is 2.53 bits per heavy atom. The lowest BCUT2D eigenvalue weighted by atomic mass is 10.1. The van der Waals surface area contributed by atoms with E-state index in [1.165, 1.54) is 11.3 Å². The monoisotopic (exact) mass is 224 g/mol. The highest BCUT2D eigenvalue weighted by molar-refractivity contribution is 7.12. The van der Waals surface area contributed by atoms with Crippen LogP contribution in [-0.4, -0.2) is 25.0 Å². The van der Waals surface area contributed by atoms with E-state index in [2.05, 4.69) is 10.6 Å². The fourth-order valence-electron chi connectivity index (χ4n) is 1.83. The van der Waals surface area contributed by atoms with E-state index in [-0.39, 0.29) is 5.91 Å². The van der Waals surface area contributed by atoms with Crippen molar-refractivity contribution in [3.05, 3.63) is 21.9 Å². The van der Waals surface area contributed by atoms with Crippen LogP contribution in [0.15, 0.2) is 11.4 Å². The first-order valence-corrected chi connectivity index (χ1v) is 6.21. The Balaban J connectivity index is 1.94. The fourth-order valence-corrected chi connectivity index (χ4v) is 2.66. The second-order valence-electron chi connectivity index (χ2n) is 3.95. The molecule has 1 aliphatic rings. The first-order valence-electron chi connectivity index (χ1n) is 5.33. The summed E-state index contributed by atoms with van der Waals surface area (Å²) in [5.41, 5.74) is 1.07. The highest BCUT2D eigenvalue weighted by Crippen LogP contribution is 2.15. The van der Waals surface area contributed by atoms with Crippen molar-refractivity contribution in [1.29, 1.82) is 0 Å². The van der Waals surface area contributed by atoms with Gasteiger partial charge in [-0.05, 0) is 43.3 Å². The van der Waals surface area contributed by atoms with Crippen LogP contribution in [0.4, 0.5) is 0 Å². The molecule has 1 atom stereocenters. The molecule has 0 saturated carbocycles. The van der Waals surface area contributed by atoms with E-state index in [0.717, 1.165) is 36.4 Å². The molecule has 15 heavy (non-hydrogen) atoms. The number of hydrogen-bond donors (Lipinski definition) is 2. The van der Waals surface area contributed by atoms with E-state index in [0.29, 0.717) is 6.04 Å². The Labute approximate surface area is 93.9 Å². The van der Waals surface area contributed by atoms with Crippen molar-refractivity contribution < 1.29 is 4.79 Å². The highest BCUT2D eigenvalue weighted by Gasteiger charge is 2.17. The summed E-state index contributed by atoms with van der Waals surface area (Å²) in [7, 11) is 0. The lowest BCUT2D eigenvalue weighted by Crippen LogP contribution is -2.45. The molecule has 2 N–H and O–H groups in total. The summed E-state index contributed by atoms with van der Waals surface area (Å²) in [4.78, 5) is 12.7. The first-order chi connectivity index (χ1) is 7.27. The summed E-state index contributed by atoms with van der Waals surface area (Å²) in [5, 5.41) is 8.32. The zero-order valence-corrected chi connectivity index (χ0v) is 9.69. The van der Waals surface area contributed by atoms with Crippen molar-refractivity contribution in [1.82, 2.24) is 10.6 Å². The van der Waals surface area contributed by atoms with Crippen molar-refractivity contribution in [2.45, 2.75) is 25.8 Å². The summed E-state index contributed by atoms with van der Waals surface area (Å²) in [5.74, 6) is 0.0798. The number of piperidine rings is 1. The summed E-state index contributed by atoms with van der Waals surface area (Å²) in [6, 6.07) is 2.28. The molecule has 1 amide bonds. The Kier molecular flexibility index (Phi) is 3.38. The average molecular weight is 224 g/mol. The minimum Gasteiger partial charge on any atom is -0.347 e. The van der Waals surface area contributed by atoms with E-state index in [1.54, 1.807) is 0 Å². The SMILES string of the molecule is Cc1ccsc1C(=O)N[C@@H]1CCCNC1. The number of carbonyl (C=O) groups is 1. The van der Waals surface area contributed by atoms with Crippen LogP contribution in [0.5, 0.6) is 0 Å². The number of aryl methyl sites for hydroxylation is 1. The molecule has 0 aliphatic carbocycles. The molecule has 1 fully saturated rings.